The quantitative estimate of drug-likeness (QED) is 0.909. The first-order chi connectivity index (χ1) is 8.33. The summed E-state index contributed by atoms with van der Waals surface area (Å²) in [5.74, 6) is 1.12. The molecule has 1 aromatic carbocycles. The topological polar surface area (TPSA) is 37.8 Å². The fraction of sp³-hybridized carbons (Fsp3) is 0.273. The highest BCUT2D eigenvalue weighted by atomic mass is 35.5. The Morgan fingerprint density at radius 3 is 3.18 bits per heavy atom. The molecule has 17 heavy (non-hydrogen) atoms. The molecule has 0 amide bonds. The Hall–Kier alpha value is -0.780. The number of aromatic nitrogens is 2. The van der Waals surface area contributed by atoms with Crippen LogP contribution in [0.1, 0.15) is 18.0 Å². The van der Waals surface area contributed by atoms with Crippen LogP contribution < -0.4 is 5.32 Å². The molecule has 0 spiro atoms. The third kappa shape index (κ3) is 2.41. The van der Waals surface area contributed by atoms with Gasteiger partial charge >= 0.3 is 0 Å². The van der Waals surface area contributed by atoms with E-state index in [0.29, 0.717) is 6.04 Å². The smallest absolute Gasteiger partial charge is 0.130 e. The molecular formula is C11H10ClN3S2. The lowest BCUT2D eigenvalue weighted by molar-refractivity contribution is 0.731. The van der Waals surface area contributed by atoms with Gasteiger partial charge in [-0.15, -0.1) is 16.9 Å². The zero-order valence-electron chi connectivity index (χ0n) is 8.89. The number of hydrogen-bond donors (Lipinski definition) is 1. The van der Waals surface area contributed by atoms with E-state index in [4.69, 9.17) is 11.6 Å². The second kappa shape index (κ2) is 4.84. The van der Waals surface area contributed by atoms with Crippen molar-refractivity contribution in [2.45, 2.75) is 17.4 Å². The molecule has 3 rings (SSSR count). The third-order valence-corrected chi connectivity index (χ3v) is 4.64. The van der Waals surface area contributed by atoms with Gasteiger partial charge in [0.05, 0.1) is 12.2 Å². The van der Waals surface area contributed by atoms with Crippen molar-refractivity contribution in [1.29, 1.82) is 0 Å². The maximum atomic E-state index is 6.06. The molecule has 0 radical (unpaired) electrons. The van der Waals surface area contributed by atoms with Crippen molar-refractivity contribution < 1.29 is 0 Å². The molecule has 0 bridgehead atoms. The van der Waals surface area contributed by atoms with Crippen molar-refractivity contribution in [1.82, 2.24) is 9.59 Å². The summed E-state index contributed by atoms with van der Waals surface area (Å²) < 4.78 is 3.86. The molecule has 6 heteroatoms. The molecule has 1 atom stereocenters. The van der Waals surface area contributed by atoms with Crippen molar-refractivity contribution >= 4 is 39.9 Å². The van der Waals surface area contributed by atoms with Gasteiger partial charge in [0.25, 0.3) is 0 Å². The van der Waals surface area contributed by atoms with Crippen LogP contribution in [0.2, 0.25) is 5.02 Å². The zero-order chi connectivity index (χ0) is 11.7. The first-order valence-electron chi connectivity index (χ1n) is 5.29. The number of rotatable bonds is 2. The van der Waals surface area contributed by atoms with Crippen LogP contribution in [-0.2, 0) is 0 Å². The summed E-state index contributed by atoms with van der Waals surface area (Å²) in [7, 11) is 0. The molecule has 2 heterocycles. The summed E-state index contributed by atoms with van der Waals surface area (Å²) in [6.45, 7) is 0. The van der Waals surface area contributed by atoms with Gasteiger partial charge in [-0.3, -0.25) is 0 Å². The molecule has 2 aromatic rings. The Morgan fingerprint density at radius 2 is 2.35 bits per heavy atom. The average Bonchev–Trinajstić information content (AvgIpc) is 2.83. The molecule has 1 N–H and O–H groups in total. The molecule has 88 valence electrons. The van der Waals surface area contributed by atoms with Crippen molar-refractivity contribution in [3.05, 3.63) is 35.0 Å². The number of halogens is 1. The molecular weight excluding hydrogens is 274 g/mol. The number of nitrogens with one attached hydrogen (secondary N) is 1. The minimum Gasteiger partial charge on any atom is -0.367 e. The van der Waals surface area contributed by atoms with Crippen LogP contribution in [-0.4, -0.2) is 15.3 Å². The van der Waals surface area contributed by atoms with Crippen molar-refractivity contribution in [2.75, 3.05) is 11.1 Å². The molecule has 0 aliphatic carbocycles. The summed E-state index contributed by atoms with van der Waals surface area (Å²) in [4.78, 5) is 1.32. The number of hydrogen-bond acceptors (Lipinski definition) is 5. The predicted molar refractivity (Wildman–Crippen MR) is 73.1 cm³/mol. The second-order valence-electron chi connectivity index (χ2n) is 3.80. The Balaban J connectivity index is 1.90. The standard InChI is InChI=1S/C11H10ClN3S2/c12-7-1-2-10-8(5-7)9(3-4-16-10)14-11-6-13-15-17-11/h1-2,5-6,9,14H,3-4H2. The molecule has 3 nitrogen and oxygen atoms in total. The summed E-state index contributed by atoms with van der Waals surface area (Å²) >= 11 is 9.34. The zero-order valence-corrected chi connectivity index (χ0v) is 11.3. The van der Waals surface area contributed by atoms with Gasteiger partial charge in [-0.05, 0) is 30.2 Å². The number of fused-ring (bicyclic) bond motifs is 1. The van der Waals surface area contributed by atoms with E-state index in [0.717, 1.165) is 22.2 Å². The van der Waals surface area contributed by atoms with Gasteiger partial charge < -0.3 is 5.32 Å². The summed E-state index contributed by atoms with van der Waals surface area (Å²) in [5.41, 5.74) is 1.28. The van der Waals surface area contributed by atoms with Crippen LogP contribution in [0.25, 0.3) is 0 Å². The highest BCUT2D eigenvalue weighted by Crippen LogP contribution is 2.39. The molecule has 0 fully saturated rings. The van der Waals surface area contributed by atoms with Crippen LogP contribution >= 0.6 is 34.9 Å². The van der Waals surface area contributed by atoms with E-state index in [-0.39, 0.29) is 0 Å². The molecule has 1 aromatic heterocycles. The van der Waals surface area contributed by atoms with Gasteiger partial charge in [0.1, 0.15) is 5.00 Å². The number of nitrogens with zero attached hydrogens (tertiary/aromatic N) is 2. The highest BCUT2D eigenvalue weighted by Gasteiger charge is 2.21. The van der Waals surface area contributed by atoms with E-state index in [9.17, 15) is 0 Å². The monoisotopic (exact) mass is 283 g/mol. The molecule has 1 aliphatic rings. The number of anilines is 1. The predicted octanol–water partition coefficient (Wildman–Crippen LogP) is 3.84. The lowest BCUT2D eigenvalue weighted by Crippen LogP contribution is -2.15. The van der Waals surface area contributed by atoms with E-state index >= 15 is 0 Å². The Labute approximate surface area is 113 Å². The van der Waals surface area contributed by atoms with E-state index in [1.54, 1.807) is 6.20 Å². The van der Waals surface area contributed by atoms with Crippen LogP contribution in [0.15, 0.2) is 29.3 Å². The summed E-state index contributed by atoms with van der Waals surface area (Å²) in [6, 6.07) is 6.41. The van der Waals surface area contributed by atoms with E-state index < -0.39 is 0 Å². The Bertz CT molecular complexity index is 515. The summed E-state index contributed by atoms with van der Waals surface area (Å²) in [5, 5.41) is 9.10. The minimum absolute atomic E-state index is 0.312. The van der Waals surface area contributed by atoms with Gasteiger partial charge in [0.2, 0.25) is 0 Å². The van der Waals surface area contributed by atoms with Crippen LogP contribution in [0.3, 0.4) is 0 Å². The first kappa shape index (κ1) is 11.3. The van der Waals surface area contributed by atoms with Crippen molar-refractivity contribution in [3.8, 4) is 0 Å². The SMILES string of the molecule is Clc1ccc2c(c1)C(Nc1cnns1)CCS2. The van der Waals surface area contributed by atoms with Crippen LogP contribution in [0.5, 0.6) is 0 Å². The van der Waals surface area contributed by atoms with Crippen molar-refractivity contribution in [3.63, 3.8) is 0 Å². The minimum atomic E-state index is 0.312. The van der Waals surface area contributed by atoms with Gasteiger partial charge in [0.15, 0.2) is 0 Å². The van der Waals surface area contributed by atoms with Crippen molar-refractivity contribution in [2.24, 2.45) is 0 Å². The van der Waals surface area contributed by atoms with E-state index in [2.05, 4.69) is 27.0 Å². The average molecular weight is 284 g/mol. The maximum absolute atomic E-state index is 6.06. The molecule has 1 aliphatic heterocycles. The number of thioether (sulfide) groups is 1. The third-order valence-electron chi connectivity index (χ3n) is 2.69. The Kier molecular flexibility index (Phi) is 3.22. The second-order valence-corrected chi connectivity index (χ2v) is 6.16. The van der Waals surface area contributed by atoms with Gasteiger partial charge in [-0.2, -0.15) is 0 Å². The fourth-order valence-electron chi connectivity index (χ4n) is 1.92. The molecule has 1 unspecified atom stereocenters. The lowest BCUT2D eigenvalue weighted by atomic mass is 10.0. The van der Waals surface area contributed by atoms with Crippen LogP contribution in [0, 0.1) is 0 Å². The maximum Gasteiger partial charge on any atom is 0.130 e. The first-order valence-corrected chi connectivity index (χ1v) is 7.43. The highest BCUT2D eigenvalue weighted by molar-refractivity contribution is 7.99. The Morgan fingerprint density at radius 1 is 1.41 bits per heavy atom. The molecule has 0 saturated carbocycles. The van der Waals surface area contributed by atoms with Gasteiger partial charge in [-0.25, -0.2) is 0 Å². The van der Waals surface area contributed by atoms with Gasteiger partial charge in [-0.1, -0.05) is 16.1 Å². The van der Waals surface area contributed by atoms with E-state index in [1.165, 1.54) is 22.0 Å². The summed E-state index contributed by atoms with van der Waals surface area (Å²) in [6.07, 6.45) is 2.85. The van der Waals surface area contributed by atoms with Gasteiger partial charge in [0, 0.05) is 27.2 Å². The van der Waals surface area contributed by atoms with E-state index in [1.807, 2.05) is 17.8 Å². The molecule has 0 saturated heterocycles. The normalized spacial score (nSPS) is 18.8. The largest absolute Gasteiger partial charge is 0.367 e. The number of benzene rings is 1. The lowest BCUT2D eigenvalue weighted by Gasteiger charge is -2.26. The van der Waals surface area contributed by atoms with Crippen LogP contribution in [0.4, 0.5) is 5.00 Å². The fourth-order valence-corrected chi connectivity index (χ4v) is 3.68.